The zero-order valence-corrected chi connectivity index (χ0v) is 10.9. The minimum atomic E-state index is 0.144. The van der Waals surface area contributed by atoms with Crippen molar-refractivity contribution in [3.05, 3.63) is 28.2 Å². The Morgan fingerprint density at radius 1 is 1.56 bits per heavy atom. The first kappa shape index (κ1) is 13.1. The average Bonchev–Trinajstić information content (AvgIpc) is 2.28. The van der Waals surface area contributed by atoms with Crippen LogP contribution in [0, 0.1) is 12.3 Å². The van der Waals surface area contributed by atoms with Crippen LogP contribution in [0.4, 0.5) is 0 Å². The predicted octanol–water partition coefficient (Wildman–Crippen LogP) is 3.22. The summed E-state index contributed by atoms with van der Waals surface area (Å²) in [6.45, 7) is 2.84. The fourth-order valence-electron chi connectivity index (χ4n) is 1.60. The summed E-state index contributed by atoms with van der Waals surface area (Å²) in [5, 5.41) is 13.1. The summed E-state index contributed by atoms with van der Waals surface area (Å²) in [6.07, 6.45) is 6.81. The first-order chi connectivity index (χ1) is 7.69. The Bertz CT molecular complexity index is 384. The molecule has 1 atom stereocenters. The number of hydrogen-bond donors (Lipinski definition) is 2. The van der Waals surface area contributed by atoms with Crippen LogP contribution >= 0.6 is 15.9 Å². The summed E-state index contributed by atoms with van der Waals surface area (Å²) < 4.78 is 0.970. The molecule has 0 aliphatic heterocycles. The molecule has 0 radical (unpaired) electrons. The van der Waals surface area contributed by atoms with Crippen molar-refractivity contribution in [1.82, 2.24) is 5.32 Å². The van der Waals surface area contributed by atoms with Crippen molar-refractivity contribution in [2.45, 2.75) is 25.8 Å². The highest BCUT2D eigenvalue weighted by atomic mass is 79.9. The highest BCUT2D eigenvalue weighted by Crippen LogP contribution is 2.29. The zero-order valence-electron chi connectivity index (χ0n) is 9.33. The third-order valence-electron chi connectivity index (χ3n) is 2.43. The van der Waals surface area contributed by atoms with Crippen LogP contribution in [-0.2, 0) is 0 Å². The van der Waals surface area contributed by atoms with Gasteiger partial charge in [0.25, 0.3) is 0 Å². The van der Waals surface area contributed by atoms with Crippen molar-refractivity contribution >= 4 is 15.9 Å². The van der Waals surface area contributed by atoms with Gasteiger partial charge in [-0.1, -0.05) is 22.9 Å². The monoisotopic (exact) mass is 281 g/mol. The highest BCUT2D eigenvalue weighted by molar-refractivity contribution is 9.10. The summed E-state index contributed by atoms with van der Waals surface area (Å²) in [4.78, 5) is 0. The van der Waals surface area contributed by atoms with E-state index in [4.69, 9.17) is 6.42 Å². The molecule has 2 nitrogen and oxygen atoms in total. The summed E-state index contributed by atoms with van der Waals surface area (Å²) >= 11 is 3.40. The standard InChI is InChI=1S/C13H16BrNO/c1-3-5-8-15-12(4-2)11-9-10(14)6-7-13(11)16/h1,6-7,9,12,15-16H,4-5,8H2,2H3. The van der Waals surface area contributed by atoms with Gasteiger partial charge in [-0.05, 0) is 24.6 Å². The van der Waals surface area contributed by atoms with E-state index in [2.05, 4.69) is 34.1 Å². The minimum absolute atomic E-state index is 0.144. The normalized spacial score (nSPS) is 12.1. The molecule has 0 amide bonds. The summed E-state index contributed by atoms with van der Waals surface area (Å²) in [5.74, 6) is 2.91. The molecule has 0 saturated heterocycles. The minimum Gasteiger partial charge on any atom is -0.508 e. The second kappa shape index (κ2) is 6.57. The van der Waals surface area contributed by atoms with Gasteiger partial charge in [0.05, 0.1) is 0 Å². The number of phenolic OH excluding ortho intramolecular Hbond substituents is 1. The van der Waals surface area contributed by atoms with E-state index in [1.54, 1.807) is 6.07 Å². The second-order valence-corrected chi connectivity index (χ2v) is 4.49. The number of hydrogen-bond acceptors (Lipinski definition) is 2. The van der Waals surface area contributed by atoms with Gasteiger partial charge in [-0.15, -0.1) is 12.3 Å². The van der Waals surface area contributed by atoms with Crippen LogP contribution in [0.2, 0.25) is 0 Å². The van der Waals surface area contributed by atoms with Gasteiger partial charge in [-0.25, -0.2) is 0 Å². The van der Waals surface area contributed by atoms with E-state index in [0.29, 0.717) is 12.2 Å². The Morgan fingerprint density at radius 2 is 2.31 bits per heavy atom. The van der Waals surface area contributed by atoms with E-state index in [-0.39, 0.29) is 6.04 Å². The summed E-state index contributed by atoms with van der Waals surface area (Å²) in [7, 11) is 0. The van der Waals surface area contributed by atoms with E-state index >= 15 is 0 Å². The zero-order chi connectivity index (χ0) is 12.0. The lowest BCUT2D eigenvalue weighted by molar-refractivity contribution is 0.443. The Kier molecular flexibility index (Phi) is 5.37. The SMILES string of the molecule is C#CCCNC(CC)c1cc(Br)ccc1O. The maximum Gasteiger partial charge on any atom is 0.120 e. The van der Waals surface area contributed by atoms with Crippen molar-refractivity contribution < 1.29 is 5.11 Å². The van der Waals surface area contributed by atoms with Crippen molar-refractivity contribution in [3.63, 3.8) is 0 Å². The smallest absolute Gasteiger partial charge is 0.120 e. The molecule has 86 valence electrons. The molecule has 1 aromatic carbocycles. The Morgan fingerprint density at radius 3 is 2.94 bits per heavy atom. The topological polar surface area (TPSA) is 32.3 Å². The van der Waals surface area contributed by atoms with E-state index in [1.165, 1.54) is 0 Å². The van der Waals surface area contributed by atoms with Crippen LogP contribution in [0.25, 0.3) is 0 Å². The molecule has 0 aliphatic rings. The van der Waals surface area contributed by atoms with Gasteiger partial charge in [0.15, 0.2) is 0 Å². The number of aromatic hydroxyl groups is 1. The first-order valence-electron chi connectivity index (χ1n) is 5.34. The molecule has 0 aromatic heterocycles. The van der Waals surface area contributed by atoms with Gasteiger partial charge in [-0.2, -0.15) is 0 Å². The Balaban J connectivity index is 2.78. The van der Waals surface area contributed by atoms with Gasteiger partial charge >= 0.3 is 0 Å². The molecule has 16 heavy (non-hydrogen) atoms. The molecule has 0 spiro atoms. The quantitative estimate of drug-likeness (QED) is 0.642. The number of rotatable bonds is 5. The fourth-order valence-corrected chi connectivity index (χ4v) is 1.98. The van der Waals surface area contributed by atoms with Crippen molar-refractivity contribution in [3.8, 4) is 18.1 Å². The maximum absolute atomic E-state index is 9.79. The van der Waals surface area contributed by atoms with Gasteiger partial charge in [-0.3, -0.25) is 0 Å². The van der Waals surface area contributed by atoms with E-state index < -0.39 is 0 Å². The molecule has 2 N–H and O–H groups in total. The van der Waals surface area contributed by atoms with Crippen LogP contribution < -0.4 is 5.32 Å². The van der Waals surface area contributed by atoms with Gasteiger partial charge in [0.1, 0.15) is 5.75 Å². The van der Waals surface area contributed by atoms with Gasteiger partial charge in [0, 0.05) is 29.0 Å². The van der Waals surface area contributed by atoms with Crippen molar-refractivity contribution in [1.29, 1.82) is 0 Å². The Labute approximate surface area is 105 Å². The van der Waals surface area contributed by atoms with Crippen LogP contribution in [0.15, 0.2) is 22.7 Å². The molecule has 1 rings (SSSR count). The number of nitrogens with one attached hydrogen (secondary N) is 1. The summed E-state index contributed by atoms with van der Waals surface area (Å²) in [6, 6.07) is 5.61. The molecular formula is C13H16BrNO. The molecule has 1 aromatic rings. The largest absolute Gasteiger partial charge is 0.508 e. The second-order valence-electron chi connectivity index (χ2n) is 3.57. The maximum atomic E-state index is 9.79. The fraction of sp³-hybridized carbons (Fsp3) is 0.385. The van der Waals surface area contributed by atoms with Crippen LogP contribution in [0.3, 0.4) is 0 Å². The van der Waals surface area contributed by atoms with Crippen molar-refractivity contribution in [2.75, 3.05) is 6.54 Å². The molecular weight excluding hydrogens is 266 g/mol. The highest BCUT2D eigenvalue weighted by Gasteiger charge is 2.12. The van der Waals surface area contributed by atoms with Gasteiger partial charge < -0.3 is 10.4 Å². The molecule has 0 heterocycles. The number of halogens is 1. The third-order valence-corrected chi connectivity index (χ3v) is 2.93. The Hall–Kier alpha value is -0.980. The molecule has 1 unspecified atom stereocenters. The molecule has 0 aliphatic carbocycles. The first-order valence-corrected chi connectivity index (χ1v) is 6.13. The number of terminal acetylenes is 1. The summed E-state index contributed by atoms with van der Waals surface area (Å²) in [5.41, 5.74) is 0.911. The average molecular weight is 282 g/mol. The third kappa shape index (κ3) is 3.55. The van der Waals surface area contributed by atoms with E-state index in [9.17, 15) is 5.11 Å². The molecule has 0 fully saturated rings. The molecule has 3 heteroatoms. The lowest BCUT2D eigenvalue weighted by Crippen LogP contribution is -2.21. The predicted molar refractivity (Wildman–Crippen MR) is 70.3 cm³/mol. The van der Waals surface area contributed by atoms with Gasteiger partial charge in [0.2, 0.25) is 0 Å². The number of benzene rings is 1. The van der Waals surface area contributed by atoms with Crippen LogP contribution in [-0.4, -0.2) is 11.7 Å². The van der Waals surface area contributed by atoms with Crippen LogP contribution in [0.1, 0.15) is 31.4 Å². The van der Waals surface area contributed by atoms with Crippen LogP contribution in [0.5, 0.6) is 5.75 Å². The van der Waals surface area contributed by atoms with E-state index in [0.717, 1.165) is 23.0 Å². The number of phenols is 1. The lowest BCUT2D eigenvalue weighted by atomic mass is 10.0. The van der Waals surface area contributed by atoms with E-state index in [1.807, 2.05) is 12.1 Å². The lowest BCUT2D eigenvalue weighted by Gasteiger charge is -2.18. The molecule has 0 bridgehead atoms. The molecule has 0 saturated carbocycles. The van der Waals surface area contributed by atoms with Crippen molar-refractivity contribution in [2.24, 2.45) is 0 Å².